The summed E-state index contributed by atoms with van der Waals surface area (Å²) in [5.74, 6) is 0. The Kier molecular flexibility index (Phi) is 6.18. The van der Waals surface area contributed by atoms with Crippen LogP contribution in [0.15, 0.2) is 30.5 Å². The molecule has 2 rings (SSSR count). The van der Waals surface area contributed by atoms with E-state index in [4.69, 9.17) is 4.74 Å². The molecule has 0 saturated heterocycles. The van der Waals surface area contributed by atoms with Crippen molar-refractivity contribution in [2.45, 2.75) is 72.3 Å². The summed E-state index contributed by atoms with van der Waals surface area (Å²) >= 11 is 1.80. The summed E-state index contributed by atoms with van der Waals surface area (Å²) < 4.78 is 5.85. The van der Waals surface area contributed by atoms with E-state index in [1.807, 2.05) is 6.20 Å². The topological polar surface area (TPSA) is 34.1 Å². The Morgan fingerprint density at radius 3 is 2.38 bits per heavy atom. The van der Waals surface area contributed by atoms with Crippen molar-refractivity contribution in [2.24, 2.45) is 0 Å². The van der Waals surface area contributed by atoms with Crippen LogP contribution in [0, 0.1) is 0 Å². The average molecular weight is 347 g/mol. The number of ether oxygens (including phenoxy) is 1. The zero-order valence-electron chi connectivity index (χ0n) is 15.8. The number of nitrogens with zero attached hydrogens (tertiary/aromatic N) is 1. The Morgan fingerprint density at radius 1 is 1.04 bits per heavy atom. The number of nitrogens with one attached hydrogen (secondary N) is 1. The minimum Gasteiger partial charge on any atom is -0.371 e. The van der Waals surface area contributed by atoms with Crippen LogP contribution < -0.4 is 5.32 Å². The maximum atomic E-state index is 5.85. The molecule has 0 aliphatic carbocycles. The zero-order valence-corrected chi connectivity index (χ0v) is 16.6. The first-order valence-corrected chi connectivity index (χ1v) is 9.33. The molecule has 2 aromatic rings. The molecular weight excluding hydrogens is 316 g/mol. The van der Waals surface area contributed by atoms with E-state index in [-0.39, 0.29) is 11.0 Å². The first-order chi connectivity index (χ1) is 11.1. The molecule has 1 heterocycles. The lowest BCUT2D eigenvalue weighted by atomic mass is 9.98. The maximum Gasteiger partial charge on any atom is 0.0981 e. The van der Waals surface area contributed by atoms with E-state index in [1.54, 1.807) is 11.3 Å². The van der Waals surface area contributed by atoms with E-state index in [0.29, 0.717) is 6.61 Å². The Labute approximate surface area is 150 Å². The molecule has 0 radical (unpaired) electrons. The van der Waals surface area contributed by atoms with Crippen molar-refractivity contribution in [1.29, 1.82) is 0 Å². The summed E-state index contributed by atoms with van der Waals surface area (Å²) in [6.07, 6.45) is 1.99. The van der Waals surface area contributed by atoms with Gasteiger partial charge in [-0.3, -0.25) is 0 Å². The smallest absolute Gasteiger partial charge is 0.0981 e. The van der Waals surface area contributed by atoms with Crippen LogP contribution in [0.2, 0.25) is 0 Å². The molecule has 1 aromatic carbocycles. The fraction of sp³-hybridized carbons (Fsp3) is 0.550. The lowest BCUT2D eigenvalue weighted by Crippen LogP contribution is -2.18. The van der Waals surface area contributed by atoms with Gasteiger partial charge in [0.15, 0.2) is 0 Å². The van der Waals surface area contributed by atoms with Gasteiger partial charge in [0.2, 0.25) is 0 Å². The van der Waals surface area contributed by atoms with E-state index in [2.05, 4.69) is 76.1 Å². The third kappa shape index (κ3) is 6.34. The maximum absolute atomic E-state index is 5.85. The highest BCUT2D eigenvalue weighted by molar-refractivity contribution is 7.11. The van der Waals surface area contributed by atoms with Gasteiger partial charge < -0.3 is 10.1 Å². The normalized spacial score (nSPS) is 12.6. The number of hydrogen-bond donors (Lipinski definition) is 1. The molecule has 0 atom stereocenters. The molecule has 0 spiro atoms. The lowest BCUT2D eigenvalue weighted by molar-refractivity contribution is -0.0149. The van der Waals surface area contributed by atoms with Crippen LogP contribution in [0.25, 0.3) is 0 Å². The summed E-state index contributed by atoms with van der Waals surface area (Å²) in [5, 5.41) is 4.71. The van der Waals surface area contributed by atoms with Gasteiger partial charge >= 0.3 is 0 Å². The van der Waals surface area contributed by atoms with Crippen LogP contribution in [0.5, 0.6) is 0 Å². The fourth-order valence-corrected chi connectivity index (χ4v) is 3.13. The Bertz CT molecular complexity index is 650. The first-order valence-electron chi connectivity index (χ1n) is 8.51. The Morgan fingerprint density at radius 2 is 1.75 bits per heavy atom. The second-order valence-corrected chi connectivity index (χ2v) is 9.32. The van der Waals surface area contributed by atoms with E-state index in [1.165, 1.54) is 21.0 Å². The molecule has 3 nitrogen and oxygen atoms in total. The van der Waals surface area contributed by atoms with Crippen LogP contribution in [0.1, 0.15) is 62.6 Å². The average Bonchev–Trinajstić information content (AvgIpc) is 2.94. The quantitative estimate of drug-likeness (QED) is 0.795. The predicted octanol–water partition coefficient (Wildman–Crippen LogP) is 5.05. The molecule has 0 saturated carbocycles. The van der Waals surface area contributed by atoms with Gasteiger partial charge in [-0.2, -0.15) is 0 Å². The molecule has 0 amide bonds. The van der Waals surface area contributed by atoms with Crippen molar-refractivity contribution in [3.05, 3.63) is 51.5 Å². The molecule has 0 unspecified atom stereocenters. The summed E-state index contributed by atoms with van der Waals surface area (Å²) in [6, 6.07) is 8.59. The summed E-state index contributed by atoms with van der Waals surface area (Å²) in [5.41, 5.74) is 2.53. The monoisotopic (exact) mass is 346 g/mol. The van der Waals surface area contributed by atoms with Gasteiger partial charge in [-0.05, 0) is 31.9 Å². The highest BCUT2D eigenvalue weighted by Crippen LogP contribution is 2.26. The Balaban J connectivity index is 1.85. The number of aromatic nitrogens is 1. The molecular formula is C20H30N2OS. The molecule has 1 aromatic heterocycles. The van der Waals surface area contributed by atoms with Gasteiger partial charge in [0.25, 0.3) is 0 Å². The number of benzene rings is 1. The van der Waals surface area contributed by atoms with Crippen LogP contribution in [-0.4, -0.2) is 10.6 Å². The van der Waals surface area contributed by atoms with Gasteiger partial charge in [0.1, 0.15) is 0 Å². The Hall–Kier alpha value is -1.23. The van der Waals surface area contributed by atoms with Crippen LogP contribution in [0.3, 0.4) is 0 Å². The zero-order chi connectivity index (χ0) is 17.8. The molecule has 0 fully saturated rings. The van der Waals surface area contributed by atoms with E-state index in [0.717, 1.165) is 13.1 Å². The summed E-state index contributed by atoms with van der Waals surface area (Å²) in [4.78, 5) is 5.82. The molecule has 132 valence electrons. The van der Waals surface area contributed by atoms with Gasteiger partial charge in [-0.15, -0.1) is 11.3 Å². The van der Waals surface area contributed by atoms with Gasteiger partial charge in [-0.25, -0.2) is 4.98 Å². The molecule has 24 heavy (non-hydrogen) atoms. The van der Waals surface area contributed by atoms with E-state index >= 15 is 0 Å². The number of rotatable bonds is 6. The summed E-state index contributed by atoms with van der Waals surface area (Å²) in [6.45, 7) is 15.2. The first kappa shape index (κ1) is 19.1. The van der Waals surface area contributed by atoms with Gasteiger partial charge in [0, 0.05) is 29.6 Å². The SMILES string of the molecule is CC(C)(C)OCc1cccc(CNCc2cnc(C(C)(C)C)s2)c1. The molecule has 0 aliphatic heterocycles. The highest BCUT2D eigenvalue weighted by Gasteiger charge is 2.17. The van der Waals surface area contributed by atoms with Gasteiger partial charge in [0.05, 0.1) is 17.2 Å². The molecule has 0 aliphatic rings. The minimum atomic E-state index is -0.106. The van der Waals surface area contributed by atoms with Crippen molar-refractivity contribution < 1.29 is 4.74 Å². The second kappa shape index (κ2) is 7.77. The standard InChI is InChI=1S/C20H30N2OS/c1-19(2,3)18-22-13-17(24-18)12-21-11-15-8-7-9-16(10-15)14-23-20(4,5)6/h7-10,13,21H,11-12,14H2,1-6H3. The number of hydrogen-bond acceptors (Lipinski definition) is 4. The molecule has 0 bridgehead atoms. The minimum absolute atomic E-state index is 0.106. The van der Waals surface area contributed by atoms with E-state index in [9.17, 15) is 0 Å². The number of thiazole rings is 1. The van der Waals surface area contributed by atoms with Crippen molar-refractivity contribution in [2.75, 3.05) is 0 Å². The summed E-state index contributed by atoms with van der Waals surface area (Å²) in [7, 11) is 0. The largest absolute Gasteiger partial charge is 0.371 e. The second-order valence-electron chi connectivity index (χ2n) is 8.21. The van der Waals surface area contributed by atoms with Crippen molar-refractivity contribution in [1.82, 2.24) is 10.3 Å². The van der Waals surface area contributed by atoms with Crippen molar-refractivity contribution >= 4 is 11.3 Å². The predicted molar refractivity (Wildman–Crippen MR) is 102 cm³/mol. The van der Waals surface area contributed by atoms with Crippen LogP contribution in [0.4, 0.5) is 0 Å². The third-order valence-corrected chi connectivity index (χ3v) is 4.91. The van der Waals surface area contributed by atoms with Crippen molar-refractivity contribution in [3.63, 3.8) is 0 Å². The molecule has 4 heteroatoms. The van der Waals surface area contributed by atoms with Gasteiger partial charge in [-0.1, -0.05) is 45.0 Å². The van der Waals surface area contributed by atoms with Crippen molar-refractivity contribution in [3.8, 4) is 0 Å². The highest BCUT2D eigenvalue weighted by atomic mass is 32.1. The lowest BCUT2D eigenvalue weighted by Gasteiger charge is -2.19. The van der Waals surface area contributed by atoms with E-state index < -0.39 is 0 Å². The van der Waals surface area contributed by atoms with Crippen LogP contribution in [-0.2, 0) is 29.8 Å². The van der Waals surface area contributed by atoms with Crippen LogP contribution >= 0.6 is 11.3 Å². The fourth-order valence-electron chi connectivity index (χ4n) is 2.20. The molecule has 1 N–H and O–H groups in total. The third-order valence-electron chi connectivity index (χ3n) is 3.49.